The monoisotopic (exact) mass is 1100 g/mol. The van der Waals surface area contributed by atoms with Gasteiger partial charge in [-0.3, -0.25) is 33.6 Å². The number of aliphatic hydroxyl groups is 3. The van der Waals surface area contributed by atoms with Crippen molar-refractivity contribution in [2.24, 2.45) is 28.9 Å². The molecule has 28 nitrogen and oxygen atoms in total. The van der Waals surface area contributed by atoms with Crippen molar-refractivity contribution in [3.63, 3.8) is 0 Å². The fourth-order valence-corrected chi connectivity index (χ4v) is 9.66. The molecule has 76 heavy (non-hydrogen) atoms. The number of nitrogens with one attached hydrogen (secondary N) is 8. The molecule has 30 heteroatoms. The Morgan fingerprint density at radius 3 is 2.32 bits per heavy atom. The van der Waals surface area contributed by atoms with E-state index in [2.05, 4.69) is 67.1 Å². The molecular weight excluding hydrogens is 1030 g/mol. The summed E-state index contributed by atoms with van der Waals surface area (Å²) in [6.07, 6.45) is 1.59. The minimum absolute atomic E-state index is 0.0194. The molecular formula is C46H70N18O10S2. The zero-order valence-electron chi connectivity index (χ0n) is 42.3. The number of H-pyrrole nitrogens is 1. The summed E-state index contributed by atoms with van der Waals surface area (Å²) >= 11 is 2.62. The van der Waals surface area contributed by atoms with Crippen LogP contribution in [0.1, 0.15) is 114 Å². The second kappa shape index (κ2) is 29.6. The lowest BCUT2D eigenvalue weighted by Gasteiger charge is -2.31. The van der Waals surface area contributed by atoms with Crippen LogP contribution < -0.4 is 65.9 Å². The Morgan fingerprint density at radius 1 is 0.868 bits per heavy atom. The fourth-order valence-electron chi connectivity index (χ4n) is 8.04. The smallest absolute Gasteiger partial charge is 0.271 e. The molecule has 4 aromatic heterocycles. The summed E-state index contributed by atoms with van der Waals surface area (Å²) in [6.45, 7) is 5.41. The number of imidazole rings is 1. The van der Waals surface area contributed by atoms with Crippen molar-refractivity contribution in [3.05, 3.63) is 56.8 Å². The van der Waals surface area contributed by atoms with E-state index < -0.39 is 96.3 Å². The normalized spacial score (nSPS) is 18.0. The first-order valence-corrected chi connectivity index (χ1v) is 26.6. The number of aliphatic hydroxyl groups excluding tert-OH is 3. The molecule has 0 bridgehead atoms. The van der Waals surface area contributed by atoms with Gasteiger partial charge in [0.2, 0.25) is 29.5 Å². The van der Waals surface area contributed by atoms with E-state index in [1.54, 1.807) is 10.8 Å². The van der Waals surface area contributed by atoms with Gasteiger partial charge in [0.25, 0.3) is 11.8 Å². The average molecular weight is 1100 g/mol. The lowest BCUT2D eigenvalue weighted by atomic mass is 9.92. The maximum Gasteiger partial charge on any atom is 0.271 e. The van der Waals surface area contributed by atoms with Crippen LogP contribution in [-0.4, -0.2) is 162 Å². The number of nitrogens with two attached hydrogens (primary N) is 5. The van der Waals surface area contributed by atoms with Crippen molar-refractivity contribution in [1.29, 1.82) is 0 Å². The molecule has 0 spiro atoms. The van der Waals surface area contributed by atoms with Gasteiger partial charge in [-0.1, -0.05) is 12.8 Å². The minimum Gasteiger partial charge on any atom is -0.391 e. The summed E-state index contributed by atoms with van der Waals surface area (Å²) in [5.41, 5.74) is 28.7. The van der Waals surface area contributed by atoms with Gasteiger partial charge in [-0.25, -0.2) is 24.9 Å². The maximum absolute atomic E-state index is 14.2. The van der Waals surface area contributed by atoms with Gasteiger partial charge in [-0.05, 0) is 65.6 Å². The third-order valence-corrected chi connectivity index (χ3v) is 14.2. The quantitative estimate of drug-likeness (QED) is 0.0178. The standard InChI is InChI=1S/C46H70N18O10S2/c1-22-33(61-40(64-38(22)50)27(16-31(49)66)56-17-25(48)39(51)69)44(73)63-35(37(68)28-18-53-21-57-28)45(74)59-26-9-4-3-8-24(36(26)67)41(70)62-34(23(2)65)43(72)55-15-10-32-58-30(20-75-32)46-60-29(19-76-46)42(71)54-14-7-13-52-12-6-5-11-47/h18-21,23-27,34-37,52,56,65,67-68H,3-17,47-48H2,1-2H3,(H2,49,66)(H2,51,69)(H,53,57)(H,54,71)(H,55,72)(H,59,74)(H,62,70)(H,63,73)(H2,50,61,64)/t23-,24+,25+,26-,27+,34+,35+,36+,37+/m1/s1. The molecule has 4 aromatic rings. The molecule has 7 amide bonds. The molecule has 0 aliphatic heterocycles. The number of carbonyl (C=O) groups is 7. The van der Waals surface area contributed by atoms with E-state index in [-0.39, 0.29) is 66.1 Å². The highest BCUT2D eigenvalue weighted by atomic mass is 32.1. The number of rotatable bonds is 30. The Balaban J connectivity index is 1.19. The predicted octanol–water partition coefficient (Wildman–Crippen LogP) is -3.47. The minimum atomic E-state index is -1.79. The number of aromatic nitrogens is 6. The number of carbonyl (C=O) groups excluding carboxylic acids is 7. The summed E-state index contributed by atoms with van der Waals surface area (Å²) in [6, 6.07) is -6.61. The zero-order chi connectivity index (χ0) is 55.5. The van der Waals surface area contributed by atoms with Crippen LogP contribution in [0, 0.1) is 12.8 Å². The van der Waals surface area contributed by atoms with Crippen LogP contribution >= 0.6 is 22.7 Å². The van der Waals surface area contributed by atoms with Gasteiger partial charge in [-0.15, -0.1) is 22.7 Å². The summed E-state index contributed by atoms with van der Waals surface area (Å²) in [5.74, 6) is -6.96. The molecule has 5 rings (SSSR count). The number of unbranched alkanes of at least 4 members (excludes halogenated alkanes) is 1. The molecule has 1 aliphatic carbocycles. The number of hydrogen-bond acceptors (Lipinski definition) is 22. The molecule has 1 fully saturated rings. The number of nitrogens with zero attached hydrogens (tertiary/aromatic N) is 5. The molecule has 9 atom stereocenters. The predicted molar refractivity (Wildman–Crippen MR) is 279 cm³/mol. The first kappa shape index (κ1) is 60.2. The molecule has 1 saturated carbocycles. The summed E-state index contributed by atoms with van der Waals surface area (Å²) in [7, 11) is 0. The van der Waals surface area contributed by atoms with Gasteiger partial charge in [0.15, 0.2) is 0 Å². The van der Waals surface area contributed by atoms with Crippen molar-refractivity contribution >= 4 is 69.8 Å². The van der Waals surface area contributed by atoms with Gasteiger partial charge < -0.3 is 86.2 Å². The number of amides is 7. The third kappa shape index (κ3) is 17.5. The highest BCUT2D eigenvalue weighted by Gasteiger charge is 2.40. The van der Waals surface area contributed by atoms with Crippen molar-refractivity contribution in [2.45, 2.75) is 120 Å². The van der Waals surface area contributed by atoms with Crippen molar-refractivity contribution < 1.29 is 48.9 Å². The molecule has 0 aromatic carbocycles. The van der Waals surface area contributed by atoms with Gasteiger partial charge >= 0.3 is 0 Å². The van der Waals surface area contributed by atoms with E-state index in [0.717, 1.165) is 32.4 Å². The molecule has 0 radical (unpaired) electrons. The Bertz CT molecular complexity index is 2580. The summed E-state index contributed by atoms with van der Waals surface area (Å²) in [4.78, 5) is 116. The average Bonchev–Trinajstić information content (AvgIpc) is 4.19. The lowest BCUT2D eigenvalue weighted by molar-refractivity contribution is -0.137. The third-order valence-electron chi connectivity index (χ3n) is 12.4. The summed E-state index contributed by atoms with van der Waals surface area (Å²) in [5, 5.41) is 58.0. The van der Waals surface area contributed by atoms with Gasteiger partial charge in [0.05, 0.1) is 59.5 Å². The second-order valence-electron chi connectivity index (χ2n) is 18.3. The van der Waals surface area contributed by atoms with Gasteiger partial charge in [-0.2, -0.15) is 0 Å². The molecule has 0 saturated heterocycles. The SMILES string of the molecule is Cc1c(N)nc([C@H](CC(N)=O)NC[C@H](N)C(N)=O)nc1C(=O)N[C@H](C(=O)N[C@@H]1CCCC[C@H](C(=O)N[C@H](C(=O)NCCc2nc(-c3nc(C(=O)NCCCNCCCCN)cs3)cs2)[C@@H](C)O)[C@@H]1O)[C@@H](O)c1cnc[nH]1. The number of nitrogen functional groups attached to an aromatic ring is 1. The van der Waals surface area contributed by atoms with E-state index in [1.165, 1.54) is 49.0 Å². The van der Waals surface area contributed by atoms with Crippen LogP contribution in [-0.2, 0) is 30.4 Å². The van der Waals surface area contributed by atoms with Crippen LogP contribution in [0.15, 0.2) is 23.3 Å². The van der Waals surface area contributed by atoms with Crippen LogP contribution in [0.5, 0.6) is 0 Å². The Hall–Kier alpha value is -6.64. The molecule has 1 aliphatic rings. The van der Waals surface area contributed by atoms with E-state index in [4.69, 9.17) is 28.7 Å². The van der Waals surface area contributed by atoms with E-state index in [9.17, 15) is 48.9 Å². The van der Waals surface area contributed by atoms with Crippen LogP contribution in [0.2, 0.25) is 0 Å². The van der Waals surface area contributed by atoms with Crippen LogP contribution in [0.25, 0.3) is 10.7 Å². The molecule has 0 unspecified atom stereocenters. The lowest BCUT2D eigenvalue weighted by Crippen LogP contribution is -2.58. The maximum atomic E-state index is 14.2. The molecule has 4 heterocycles. The highest BCUT2D eigenvalue weighted by Crippen LogP contribution is 2.28. The topological polar surface area (TPSA) is 475 Å². The number of aromatic amines is 1. The second-order valence-corrected chi connectivity index (χ2v) is 20.1. The number of primary amides is 2. The van der Waals surface area contributed by atoms with E-state index in [1.807, 2.05) is 0 Å². The largest absolute Gasteiger partial charge is 0.391 e. The van der Waals surface area contributed by atoms with Crippen LogP contribution in [0.4, 0.5) is 5.82 Å². The summed E-state index contributed by atoms with van der Waals surface area (Å²) < 4.78 is 0. The number of thiazole rings is 2. The highest BCUT2D eigenvalue weighted by molar-refractivity contribution is 7.14. The van der Waals surface area contributed by atoms with E-state index >= 15 is 0 Å². The van der Waals surface area contributed by atoms with Crippen molar-refractivity contribution in [2.75, 3.05) is 45.0 Å². The van der Waals surface area contributed by atoms with Crippen LogP contribution in [0.3, 0.4) is 0 Å². The van der Waals surface area contributed by atoms with E-state index in [0.29, 0.717) is 48.1 Å². The van der Waals surface area contributed by atoms with Crippen molar-refractivity contribution in [1.82, 2.24) is 67.1 Å². The molecule has 416 valence electrons. The first-order valence-electron chi connectivity index (χ1n) is 24.8. The van der Waals surface area contributed by atoms with Gasteiger partial charge in [0.1, 0.15) is 51.9 Å². The Kier molecular flexibility index (Phi) is 23.5. The first-order chi connectivity index (χ1) is 36.3. The zero-order valence-corrected chi connectivity index (χ0v) is 43.9. The number of anilines is 1. The Morgan fingerprint density at radius 2 is 1.62 bits per heavy atom. The fraction of sp³-hybridized carbons (Fsp3) is 0.565. The molecule has 21 N–H and O–H groups in total. The van der Waals surface area contributed by atoms with Gasteiger partial charge in [0, 0.05) is 48.8 Å². The van der Waals surface area contributed by atoms with Crippen molar-refractivity contribution in [3.8, 4) is 10.7 Å². The number of hydrogen-bond donors (Lipinski definition) is 16. The Labute approximate surface area is 445 Å².